The number of rotatable bonds is 7. The van der Waals surface area contributed by atoms with Crippen LogP contribution in [0.5, 0.6) is 0 Å². The van der Waals surface area contributed by atoms with Gasteiger partial charge in [0.15, 0.2) is 11.5 Å². The molecule has 0 saturated heterocycles. The molecule has 0 unspecified atom stereocenters. The van der Waals surface area contributed by atoms with E-state index in [4.69, 9.17) is 13.9 Å². The largest absolute Gasteiger partial charge is 0.438 e. The third-order valence-corrected chi connectivity index (χ3v) is 4.25. The average molecular weight is 348 g/mol. The number of methoxy groups -OCH3 is 1. The molecule has 1 N–H and O–H groups in total. The van der Waals surface area contributed by atoms with Crippen LogP contribution >= 0.6 is 27.3 Å². The quantitative estimate of drug-likeness (QED) is 0.780. The fraction of sp³-hybridized carbons (Fsp3) is 0.417. The van der Waals surface area contributed by atoms with E-state index in [9.17, 15) is 4.79 Å². The smallest absolute Gasteiger partial charge is 0.204 e. The van der Waals surface area contributed by atoms with Gasteiger partial charge in [-0.3, -0.25) is 4.79 Å². The van der Waals surface area contributed by atoms with Crippen LogP contribution in [0.4, 0.5) is 5.88 Å². The van der Waals surface area contributed by atoms with Gasteiger partial charge in [0.25, 0.3) is 0 Å². The SMILES string of the molecule is COCCOCCNc1cc(=O)c2scc(Br)c2o1. The first-order chi connectivity index (χ1) is 9.22. The first-order valence-corrected chi connectivity index (χ1v) is 7.41. The highest BCUT2D eigenvalue weighted by atomic mass is 79.9. The van der Waals surface area contributed by atoms with E-state index in [1.54, 1.807) is 7.11 Å². The zero-order valence-electron chi connectivity index (χ0n) is 10.4. The van der Waals surface area contributed by atoms with Crippen molar-refractivity contribution in [3.63, 3.8) is 0 Å². The van der Waals surface area contributed by atoms with Gasteiger partial charge in [-0.2, -0.15) is 0 Å². The fourth-order valence-electron chi connectivity index (χ4n) is 1.49. The molecule has 0 aliphatic carbocycles. The molecule has 2 aromatic heterocycles. The molecule has 0 aromatic carbocycles. The van der Waals surface area contributed by atoms with Crippen LogP contribution in [-0.4, -0.2) is 33.5 Å². The van der Waals surface area contributed by atoms with Crippen LogP contribution in [0, 0.1) is 0 Å². The Morgan fingerprint density at radius 2 is 2.26 bits per heavy atom. The monoisotopic (exact) mass is 347 g/mol. The van der Waals surface area contributed by atoms with Crippen molar-refractivity contribution in [2.24, 2.45) is 0 Å². The second-order valence-corrected chi connectivity index (χ2v) is 5.48. The minimum atomic E-state index is -0.0419. The molecule has 0 radical (unpaired) electrons. The van der Waals surface area contributed by atoms with E-state index in [-0.39, 0.29) is 5.43 Å². The average Bonchev–Trinajstić information content (AvgIpc) is 2.76. The van der Waals surface area contributed by atoms with Crippen molar-refractivity contribution >= 4 is 43.4 Å². The lowest BCUT2D eigenvalue weighted by Crippen LogP contribution is -2.13. The van der Waals surface area contributed by atoms with Crippen LogP contribution in [0.3, 0.4) is 0 Å². The molecule has 0 atom stereocenters. The number of fused-ring (bicyclic) bond motifs is 1. The minimum absolute atomic E-state index is 0.0419. The van der Waals surface area contributed by atoms with Crippen molar-refractivity contribution < 1.29 is 13.9 Å². The summed E-state index contributed by atoms with van der Waals surface area (Å²) in [4.78, 5) is 11.8. The molecule has 0 spiro atoms. The highest BCUT2D eigenvalue weighted by Crippen LogP contribution is 2.29. The maximum absolute atomic E-state index is 11.8. The Bertz CT molecular complexity index is 595. The van der Waals surface area contributed by atoms with Gasteiger partial charge in [-0.15, -0.1) is 11.3 Å². The molecule has 0 aliphatic rings. The molecule has 0 bridgehead atoms. The van der Waals surface area contributed by atoms with Gasteiger partial charge >= 0.3 is 0 Å². The lowest BCUT2D eigenvalue weighted by Gasteiger charge is -2.06. The first-order valence-electron chi connectivity index (χ1n) is 5.74. The summed E-state index contributed by atoms with van der Waals surface area (Å²) in [5, 5.41) is 4.86. The van der Waals surface area contributed by atoms with Crippen molar-refractivity contribution in [1.82, 2.24) is 0 Å². The highest BCUT2D eigenvalue weighted by molar-refractivity contribution is 9.10. The fourth-order valence-corrected chi connectivity index (χ4v) is 2.95. The van der Waals surface area contributed by atoms with Crippen molar-refractivity contribution in [1.29, 1.82) is 0 Å². The molecule has 5 nitrogen and oxygen atoms in total. The molecule has 104 valence electrons. The van der Waals surface area contributed by atoms with Crippen LogP contribution in [-0.2, 0) is 9.47 Å². The summed E-state index contributed by atoms with van der Waals surface area (Å²) in [6.45, 7) is 2.22. The summed E-state index contributed by atoms with van der Waals surface area (Å²) in [6.07, 6.45) is 0. The van der Waals surface area contributed by atoms with Gasteiger partial charge in [0.1, 0.15) is 4.70 Å². The zero-order chi connectivity index (χ0) is 13.7. The van der Waals surface area contributed by atoms with E-state index in [1.807, 2.05) is 5.38 Å². The minimum Gasteiger partial charge on any atom is -0.438 e. The van der Waals surface area contributed by atoms with Crippen LogP contribution in [0.15, 0.2) is 25.1 Å². The Balaban J connectivity index is 1.94. The Morgan fingerprint density at radius 1 is 1.42 bits per heavy atom. The predicted molar refractivity (Wildman–Crippen MR) is 79.2 cm³/mol. The van der Waals surface area contributed by atoms with E-state index in [2.05, 4.69) is 21.2 Å². The normalized spacial score (nSPS) is 11.1. The maximum atomic E-state index is 11.8. The van der Waals surface area contributed by atoms with Crippen LogP contribution in [0.25, 0.3) is 10.3 Å². The number of halogens is 1. The lowest BCUT2D eigenvalue weighted by atomic mass is 10.4. The van der Waals surface area contributed by atoms with Crippen molar-refractivity contribution in [2.75, 3.05) is 38.8 Å². The summed E-state index contributed by atoms with van der Waals surface area (Å²) in [6, 6.07) is 1.46. The summed E-state index contributed by atoms with van der Waals surface area (Å²) in [5.74, 6) is 0.451. The lowest BCUT2D eigenvalue weighted by molar-refractivity contribution is 0.0758. The van der Waals surface area contributed by atoms with Gasteiger partial charge in [-0.1, -0.05) is 0 Å². The predicted octanol–water partition coefficient (Wildman–Crippen LogP) is 2.69. The number of ether oxygens (including phenoxy) is 2. The van der Waals surface area contributed by atoms with E-state index < -0.39 is 0 Å². The second kappa shape index (κ2) is 7.04. The second-order valence-electron chi connectivity index (χ2n) is 3.75. The zero-order valence-corrected chi connectivity index (χ0v) is 12.8. The van der Waals surface area contributed by atoms with E-state index >= 15 is 0 Å². The number of thiophene rings is 1. The molecule has 0 fully saturated rings. The summed E-state index contributed by atoms with van der Waals surface area (Å²) >= 11 is 4.72. The van der Waals surface area contributed by atoms with E-state index in [0.29, 0.717) is 42.5 Å². The molecule has 19 heavy (non-hydrogen) atoms. The third-order valence-electron chi connectivity index (χ3n) is 2.38. The third kappa shape index (κ3) is 3.79. The molecule has 2 rings (SSSR count). The number of nitrogens with one attached hydrogen (secondary N) is 1. The molecule has 2 heterocycles. The molecule has 0 aliphatic heterocycles. The van der Waals surface area contributed by atoms with Gasteiger partial charge in [0.2, 0.25) is 5.43 Å². The van der Waals surface area contributed by atoms with Crippen LogP contribution < -0.4 is 10.7 Å². The standard InChI is InChI=1S/C12H14BrNO4S/c1-16-4-5-17-3-2-14-10-6-9(15)12-11(18-10)8(13)7-19-12/h6-7,14H,2-5H2,1H3. The van der Waals surface area contributed by atoms with Gasteiger partial charge in [-0.25, -0.2) is 0 Å². The van der Waals surface area contributed by atoms with Crippen molar-refractivity contribution in [3.8, 4) is 0 Å². The first kappa shape index (κ1) is 14.5. The van der Waals surface area contributed by atoms with Gasteiger partial charge < -0.3 is 19.2 Å². The molecular weight excluding hydrogens is 334 g/mol. The Labute approximate surface area is 122 Å². The van der Waals surface area contributed by atoms with E-state index in [1.165, 1.54) is 17.4 Å². The number of anilines is 1. The number of hydrogen-bond donors (Lipinski definition) is 1. The Hall–Kier alpha value is -0.890. The molecule has 0 amide bonds. The topological polar surface area (TPSA) is 60.7 Å². The highest BCUT2D eigenvalue weighted by Gasteiger charge is 2.09. The Kier molecular flexibility index (Phi) is 5.38. The molecular formula is C12H14BrNO4S. The summed E-state index contributed by atoms with van der Waals surface area (Å²) in [5.41, 5.74) is 0.542. The molecule has 2 aromatic rings. The van der Waals surface area contributed by atoms with Crippen LogP contribution in [0.2, 0.25) is 0 Å². The van der Waals surface area contributed by atoms with Gasteiger partial charge in [0.05, 0.1) is 24.3 Å². The summed E-state index contributed by atoms with van der Waals surface area (Å²) in [7, 11) is 1.63. The maximum Gasteiger partial charge on any atom is 0.204 e. The van der Waals surface area contributed by atoms with E-state index in [0.717, 1.165) is 4.47 Å². The van der Waals surface area contributed by atoms with Crippen molar-refractivity contribution in [3.05, 3.63) is 26.1 Å². The number of hydrogen-bond acceptors (Lipinski definition) is 6. The van der Waals surface area contributed by atoms with Gasteiger partial charge in [0, 0.05) is 25.1 Å². The van der Waals surface area contributed by atoms with Crippen molar-refractivity contribution in [2.45, 2.75) is 0 Å². The van der Waals surface area contributed by atoms with Gasteiger partial charge in [-0.05, 0) is 15.9 Å². The Morgan fingerprint density at radius 3 is 3.05 bits per heavy atom. The van der Waals surface area contributed by atoms with Crippen LogP contribution in [0.1, 0.15) is 0 Å². The molecule has 7 heteroatoms. The molecule has 0 saturated carbocycles. The summed E-state index contributed by atoms with van der Waals surface area (Å²) < 4.78 is 17.2.